The van der Waals surface area contributed by atoms with E-state index in [0.717, 1.165) is 0 Å². The quantitative estimate of drug-likeness (QED) is 0.0282. The molecule has 0 N–H and O–H groups in total. The van der Waals surface area contributed by atoms with Gasteiger partial charge in [0.05, 0.1) is 0 Å². The molecule has 12 aromatic carbocycles. The highest BCUT2D eigenvalue weighted by Crippen LogP contribution is 2.59. The smallest absolute Gasteiger partial charge is 0.144 e. The van der Waals surface area contributed by atoms with Crippen molar-refractivity contribution in [3.8, 4) is 0 Å². The summed E-state index contributed by atoms with van der Waals surface area (Å²) < 4.78 is 0. The summed E-state index contributed by atoms with van der Waals surface area (Å²) in [7, 11) is -9.36. The van der Waals surface area contributed by atoms with Gasteiger partial charge in [-0.3, -0.25) is 7.32 Å². The lowest BCUT2D eigenvalue weighted by atomic mass is 9.86. The van der Waals surface area contributed by atoms with Crippen LogP contribution >= 0.6 is 21.8 Å². The van der Waals surface area contributed by atoms with Crippen molar-refractivity contribution in [2.75, 3.05) is 0 Å². The third-order valence-electron chi connectivity index (χ3n) is 26.0. The summed E-state index contributed by atoms with van der Waals surface area (Å²) in [5.41, 5.74) is 20.2. The van der Waals surface area contributed by atoms with Crippen LogP contribution in [0, 0.1) is 0 Å². The van der Waals surface area contributed by atoms with Crippen LogP contribution in [0.1, 0.15) is 304 Å². The van der Waals surface area contributed by atoms with E-state index in [0.29, 0.717) is 0 Å². The Hall–Kier alpha value is -8.13. The number of hydrogen-bond acceptors (Lipinski definition) is 3. The lowest BCUT2D eigenvalue weighted by Crippen LogP contribution is -2.56. The SMILES string of the molecule is CCCCc1cc([P+](c2ccccc2)(c2ccccc2)c2ccccc2)c(CCCC)c(CCCC)c1CCCC.CCCCc1cc([P+](c2ccccc2)(c2ccccc2)c2ccccc2)c(CCCC)c(CCCC)c1CCCC.CCCCc1cc([P+](c2ccccc2)(c2ccccc2)c2ccccc2)c(CCCC)c(CCCC)c1CCCC.[O-]B([O-])[O-]. The molecule has 12 aromatic rings. The van der Waals surface area contributed by atoms with Crippen molar-refractivity contribution in [3.05, 3.63) is 358 Å². The molecule has 0 saturated carbocycles. The maximum absolute atomic E-state index is 8.42. The van der Waals surface area contributed by atoms with Crippen LogP contribution in [0.5, 0.6) is 0 Å². The molecule has 0 saturated heterocycles. The summed E-state index contributed by atoms with van der Waals surface area (Å²) in [6.07, 6.45) is 44.4. The standard InChI is InChI=1S/3C40H52P.BO3/c3*1-5-9-22-33-32-40(39(31-12-8-4)38(30-11-7-3)37(33)29-10-6-2)41(34-23-16-13-17-24-34,35-25-18-14-19-26-35)36-27-20-15-21-28-36;2-1(3)4/h3*13-21,23-28,32H,5-12,22,29-31H2,1-4H3;/q3*+1;-3. The molecule has 12 rings (SSSR count). The normalized spacial score (nSPS) is 11.5. The molecule has 0 aliphatic carbocycles. The van der Waals surface area contributed by atoms with Gasteiger partial charge in [-0.15, -0.1) is 0 Å². The van der Waals surface area contributed by atoms with Gasteiger partial charge >= 0.3 is 0 Å². The van der Waals surface area contributed by atoms with Crippen LogP contribution in [0.2, 0.25) is 0 Å². The molecule has 0 heterocycles. The first-order valence-electron chi connectivity index (χ1n) is 50.0. The van der Waals surface area contributed by atoms with Gasteiger partial charge in [-0.25, -0.2) is 0 Å². The van der Waals surface area contributed by atoms with Crippen LogP contribution < -0.4 is 78.7 Å². The first-order valence-corrected chi connectivity index (χ1v) is 55.4. The highest BCUT2D eigenvalue weighted by Gasteiger charge is 2.53. The molecule has 3 nitrogen and oxygen atoms in total. The van der Waals surface area contributed by atoms with Crippen LogP contribution in [0.3, 0.4) is 0 Å². The van der Waals surface area contributed by atoms with Crippen molar-refractivity contribution in [2.24, 2.45) is 0 Å². The minimum absolute atomic E-state index is 1.17. The van der Waals surface area contributed by atoms with E-state index in [4.69, 9.17) is 15.1 Å². The molecule has 0 fully saturated rings. The molecule has 7 heteroatoms. The van der Waals surface area contributed by atoms with E-state index in [1.54, 1.807) is 82.7 Å². The largest absolute Gasteiger partial charge is 0.907 e. The van der Waals surface area contributed by atoms with Crippen LogP contribution in [-0.4, -0.2) is 7.32 Å². The van der Waals surface area contributed by atoms with E-state index < -0.39 is 29.1 Å². The van der Waals surface area contributed by atoms with E-state index in [1.807, 2.05) is 0 Å². The zero-order valence-electron chi connectivity index (χ0n) is 80.3. The number of unbranched alkanes of at least 4 members (excludes halogenated alkanes) is 12. The monoisotopic (exact) mass is 1750 g/mol. The molecule has 672 valence electrons. The molecular formula is C120H156BO3P3. The molecule has 0 spiro atoms. The van der Waals surface area contributed by atoms with Crippen molar-refractivity contribution in [1.29, 1.82) is 0 Å². The summed E-state index contributed by atoms with van der Waals surface area (Å²) >= 11 is 0. The zero-order chi connectivity index (χ0) is 90.3. The number of aryl methyl sites for hydroxylation is 3. The topological polar surface area (TPSA) is 69.2 Å². The van der Waals surface area contributed by atoms with Gasteiger partial charge in [0.1, 0.15) is 85.4 Å². The van der Waals surface area contributed by atoms with E-state index in [9.17, 15) is 0 Å². The minimum Gasteiger partial charge on any atom is -0.907 e. The fraction of sp³-hybridized carbons (Fsp3) is 0.400. The molecular weight excluding hydrogens is 1590 g/mol. The van der Waals surface area contributed by atoms with Gasteiger partial charge in [-0.2, -0.15) is 0 Å². The van der Waals surface area contributed by atoms with E-state index in [1.165, 1.54) is 279 Å². The molecule has 0 aliphatic heterocycles. The first kappa shape index (κ1) is 103. The average molecular weight is 1750 g/mol. The second kappa shape index (κ2) is 56.5. The van der Waals surface area contributed by atoms with Gasteiger partial charge in [0.15, 0.2) is 0 Å². The van der Waals surface area contributed by atoms with Gasteiger partial charge in [0.25, 0.3) is 0 Å². The predicted molar refractivity (Wildman–Crippen MR) is 563 cm³/mol. The van der Waals surface area contributed by atoms with Crippen molar-refractivity contribution in [2.45, 2.75) is 314 Å². The molecule has 0 amide bonds. The van der Waals surface area contributed by atoms with Crippen LogP contribution in [0.25, 0.3) is 0 Å². The Balaban J connectivity index is 0.000000211. The third kappa shape index (κ3) is 26.6. The highest BCUT2D eigenvalue weighted by atomic mass is 31.2. The Morgan fingerprint density at radius 3 is 0.417 bits per heavy atom. The van der Waals surface area contributed by atoms with Crippen LogP contribution in [-0.2, 0) is 77.0 Å². The summed E-state index contributed by atoms with van der Waals surface area (Å²) in [6, 6.07) is 112. The summed E-state index contributed by atoms with van der Waals surface area (Å²) in [5.74, 6) is 0. The Kier molecular flexibility index (Phi) is 45.6. The minimum atomic E-state index is -2.92. The van der Waals surface area contributed by atoms with Gasteiger partial charge in [-0.1, -0.05) is 324 Å². The number of benzene rings is 12. The second-order valence-corrected chi connectivity index (χ2v) is 45.2. The maximum Gasteiger partial charge on any atom is 0.144 e. The average Bonchev–Trinajstić information content (AvgIpc) is 0.728. The predicted octanol–water partition coefficient (Wildman–Crippen LogP) is 25.1. The van der Waals surface area contributed by atoms with E-state index in [-0.39, 0.29) is 0 Å². The molecule has 127 heavy (non-hydrogen) atoms. The fourth-order valence-electron chi connectivity index (χ4n) is 19.6. The molecule has 0 bridgehead atoms. The Bertz CT molecular complexity index is 4210. The Labute approximate surface area is 774 Å². The van der Waals surface area contributed by atoms with Gasteiger partial charge < -0.3 is 15.1 Å². The third-order valence-corrected chi connectivity index (χ3v) is 39.0. The second-order valence-electron chi connectivity index (χ2n) is 35.0. The fourth-order valence-corrected chi connectivity index (χ4v) is 33.4. The lowest BCUT2D eigenvalue weighted by molar-refractivity contribution is -0.479. The van der Waals surface area contributed by atoms with Crippen molar-refractivity contribution >= 4 is 92.8 Å². The summed E-state index contributed by atoms with van der Waals surface area (Å²) in [6.45, 7) is 28.2. The molecule has 0 radical (unpaired) electrons. The van der Waals surface area contributed by atoms with Gasteiger partial charge in [0, 0.05) is 0 Å². The number of hydrogen-bond donors (Lipinski definition) is 0. The number of rotatable bonds is 48. The summed E-state index contributed by atoms with van der Waals surface area (Å²) in [4.78, 5) is 0. The van der Waals surface area contributed by atoms with Gasteiger partial charge in [0.2, 0.25) is 0 Å². The lowest BCUT2D eigenvalue weighted by Gasteiger charge is -2.35. The Morgan fingerprint density at radius 1 is 0.165 bits per heavy atom. The highest BCUT2D eigenvalue weighted by molar-refractivity contribution is 8.02. The summed E-state index contributed by atoms with van der Waals surface area (Å²) in [5, 5.41) is 43.4. The Morgan fingerprint density at radius 2 is 0.283 bits per heavy atom. The first-order chi connectivity index (χ1) is 62.4. The van der Waals surface area contributed by atoms with E-state index >= 15 is 0 Å². The van der Waals surface area contributed by atoms with Crippen molar-refractivity contribution in [3.63, 3.8) is 0 Å². The molecule has 0 unspecified atom stereocenters. The molecule has 0 aromatic heterocycles. The maximum atomic E-state index is 8.42. The van der Waals surface area contributed by atoms with Gasteiger partial charge in [-0.05, 0) is 348 Å². The van der Waals surface area contributed by atoms with Crippen LogP contribution in [0.4, 0.5) is 0 Å². The molecule has 0 atom stereocenters. The van der Waals surface area contributed by atoms with Crippen molar-refractivity contribution < 1.29 is 15.1 Å². The van der Waals surface area contributed by atoms with Crippen LogP contribution in [0.15, 0.2) is 291 Å². The zero-order valence-corrected chi connectivity index (χ0v) is 83.0. The van der Waals surface area contributed by atoms with E-state index in [2.05, 4.69) is 374 Å². The molecule has 0 aliphatic rings. The van der Waals surface area contributed by atoms with Crippen molar-refractivity contribution in [1.82, 2.24) is 0 Å².